The fraction of sp³-hybridized carbons (Fsp3) is 0.143. The van der Waals surface area contributed by atoms with Gasteiger partial charge in [0.2, 0.25) is 5.91 Å². The van der Waals surface area contributed by atoms with Crippen LogP contribution in [0.4, 0.5) is 5.69 Å². The topological polar surface area (TPSA) is 99.2 Å². The summed E-state index contributed by atoms with van der Waals surface area (Å²) in [6.07, 6.45) is 0. The molecule has 4 rings (SSSR count). The van der Waals surface area contributed by atoms with Crippen molar-refractivity contribution in [3.05, 3.63) is 59.1 Å². The van der Waals surface area contributed by atoms with E-state index in [-0.39, 0.29) is 17.2 Å². The molecule has 0 saturated carbocycles. The van der Waals surface area contributed by atoms with Crippen molar-refractivity contribution in [1.82, 2.24) is 14.8 Å². The molecule has 0 spiro atoms. The Morgan fingerprint density at radius 1 is 1.19 bits per heavy atom. The molecule has 158 valence electrons. The lowest BCUT2D eigenvalue weighted by Gasteiger charge is -2.09. The minimum Gasteiger partial charge on any atom is -0.465 e. The number of carbonyl (C=O) groups is 2. The maximum atomic E-state index is 12.4. The number of amides is 1. The number of halogens is 1. The number of rotatable bonds is 6. The molecule has 0 saturated heterocycles. The van der Waals surface area contributed by atoms with Crippen LogP contribution in [0.3, 0.4) is 0 Å². The van der Waals surface area contributed by atoms with Crippen molar-refractivity contribution in [1.29, 1.82) is 0 Å². The molecule has 0 aliphatic rings. The summed E-state index contributed by atoms with van der Waals surface area (Å²) in [7, 11) is 3.08. The number of fused-ring (bicyclic) bond motifs is 1. The molecule has 1 amide bonds. The van der Waals surface area contributed by atoms with Gasteiger partial charge in [-0.1, -0.05) is 35.5 Å². The van der Waals surface area contributed by atoms with Crippen molar-refractivity contribution < 1.29 is 18.7 Å². The van der Waals surface area contributed by atoms with Gasteiger partial charge in [-0.05, 0) is 36.4 Å². The number of para-hydroxylation sites is 1. The number of ether oxygens (including phenoxy) is 1. The first-order chi connectivity index (χ1) is 15.0. The lowest BCUT2D eigenvalue weighted by atomic mass is 10.2. The van der Waals surface area contributed by atoms with Crippen LogP contribution in [-0.2, 0) is 16.6 Å². The molecule has 4 aromatic rings. The highest BCUT2D eigenvalue weighted by molar-refractivity contribution is 7.99. The summed E-state index contributed by atoms with van der Waals surface area (Å²) in [5.74, 6) is 0.358. The van der Waals surface area contributed by atoms with E-state index in [2.05, 4.69) is 15.5 Å². The highest BCUT2D eigenvalue weighted by Gasteiger charge is 2.18. The van der Waals surface area contributed by atoms with Crippen molar-refractivity contribution in [2.45, 2.75) is 5.16 Å². The predicted molar refractivity (Wildman–Crippen MR) is 118 cm³/mol. The Morgan fingerprint density at radius 2 is 2.00 bits per heavy atom. The SMILES string of the molecule is COC(=O)c1ccccc1NC(=O)CSc1nnc(-c2cc3cc(Cl)ccc3o2)n1C. The number of carbonyl (C=O) groups excluding carboxylic acids is 2. The van der Waals surface area contributed by atoms with E-state index in [0.29, 0.717) is 33.0 Å². The molecule has 0 radical (unpaired) electrons. The summed E-state index contributed by atoms with van der Waals surface area (Å²) in [6, 6.07) is 13.9. The molecule has 31 heavy (non-hydrogen) atoms. The number of aromatic nitrogens is 3. The second-order valence-corrected chi connectivity index (χ2v) is 7.91. The number of anilines is 1. The largest absolute Gasteiger partial charge is 0.465 e. The quantitative estimate of drug-likeness (QED) is 0.339. The van der Waals surface area contributed by atoms with E-state index >= 15 is 0 Å². The minimum absolute atomic E-state index is 0.0806. The summed E-state index contributed by atoms with van der Waals surface area (Å²) in [4.78, 5) is 24.3. The van der Waals surface area contributed by atoms with Crippen molar-refractivity contribution in [3.63, 3.8) is 0 Å². The van der Waals surface area contributed by atoms with Gasteiger partial charge in [0.25, 0.3) is 0 Å². The van der Waals surface area contributed by atoms with Crippen molar-refractivity contribution in [2.75, 3.05) is 18.2 Å². The maximum absolute atomic E-state index is 12.4. The van der Waals surface area contributed by atoms with E-state index in [0.717, 1.165) is 5.39 Å². The highest BCUT2D eigenvalue weighted by atomic mass is 35.5. The van der Waals surface area contributed by atoms with Crippen LogP contribution in [0.2, 0.25) is 5.02 Å². The number of benzene rings is 2. The van der Waals surface area contributed by atoms with E-state index in [1.807, 2.05) is 12.1 Å². The third-order valence-corrected chi connectivity index (χ3v) is 5.73. The van der Waals surface area contributed by atoms with E-state index in [1.54, 1.807) is 48.0 Å². The summed E-state index contributed by atoms with van der Waals surface area (Å²) >= 11 is 7.25. The molecule has 0 bridgehead atoms. The normalized spacial score (nSPS) is 10.9. The number of nitrogens with one attached hydrogen (secondary N) is 1. The maximum Gasteiger partial charge on any atom is 0.339 e. The van der Waals surface area contributed by atoms with Crippen LogP contribution in [0.5, 0.6) is 0 Å². The zero-order chi connectivity index (χ0) is 22.0. The molecule has 2 aromatic heterocycles. The van der Waals surface area contributed by atoms with Gasteiger partial charge in [-0.15, -0.1) is 10.2 Å². The van der Waals surface area contributed by atoms with E-state index < -0.39 is 5.97 Å². The van der Waals surface area contributed by atoms with Crippen LogP contribution in [0, 0.1) is 0 Å². The van der Waals surface area contributed by atoms with Crippen molar-refractivity contribution in [2.24, 2.45) is 7.05 Å². The van der Waals surface area contributed by atoms with Crippen LogP contribution in [0.1, 0.15) is 10.4 Å². The zero-order valence-electron chi connectivity index (χ0n) is 16.6. The molecule has 0 atom stereocenters. The second kappa shape index (κ2) is 8.83. The van der Waals surface area contributed by atoms with Gasteiger partial charge in [0.1, 0.15) is 5.58 Å². The van der Waals surface area contributed by atoms with Gasteiger partial charge in [0.15, 0.2) is 16.7 Å². The van der Waals surface area contributed by atoms with E-state index in [9.17, 15) is 9.59 Å². The molecular weight excluding hydrogens is 440 g/mol. The number of esters is 1. The summed E-state index contributed by atoms with van der Waals surface area (Å²) in [5, 5.41) is 13.1. The predicted octanol–water partition coefficient (Wildman–Crippen LogP) is 4.40. The Balaban J connectivity index is 1.46. The van der Waals surface area contributed by atoms with Crippen LogP contribution >= 0.6 is 23.4 Å². The molecule has 1 N–H and O–H groups in total. The Labute approximate surface area is 186 Å². The average Bonchev–Trinajstić information content (AvgIpc) is 3.34. The molecule has 0 fully saturated rings. The molecule has 2 aromatic carbocycles. The third-order valence-electron chi connectivity index (χ3n) is 4.47. The monoisotopic (exact) mass is 456 g/mol. The fourth-order valence-electron chi connectivity index (χ4n) is 2.98. The third kappa shape index (κ3) is 4.42. The molecule has 0 unspecified atom stereocenters. The number of methoxy groups -OCH3 is 1. The first-order valence-electron chi connectivity index (χ1n) is 9.15. The van der Waals surface area contributed by atoms with Gasteiger partial charge >= 0.3 is 5.97 Å². The Morgan fingerprint density at radius 3 is 2.81 bits per heavy atom. The van der Waals surface area contributed by atoms with Crippen LogP contribution in [0.25, 0.3) is 22.6 Å². The Kier molecular flexibility index (Phi) is 5.97. The highest BCUT2D eigenvalue weighted by Crippen LogP contribution is 2.30. The molecule has 2 heterocycles. The molecule has 10 heteroatoms. The van der Waals surface area contributed by atoms with E-state index in [1.165, 1.54) is 18.9 Å². The fourth-order valence-corrected chi connectivity index (χ4v) is 3.87. The average molecular weight is 457 g/mol. The summed E-state index contributed by atoms with van der Waals surface area (Å²) in [6.45, 7) is 0. The minimum atomic E-state index is -0.520. The number of nitrogens with zero attached hydrogens (tertiary/aromatic N) is 3. The summed E-state index contributed by atoms with van der Waals surface area (Å²) < 4.78 is 12.3. The molecule has 0 aliphatic heterocycles. The molecule has 0 aliphatic carbocycles. The van der Waals surface area contributed by atoms with Gasteiger partial charge in [0, 0.05) is 17.5 Å². The van der Waals surface area contributed by atoms with Crippen molar-refractivity contribution in [3.8, 4) is 11.6 Å². The molecule has 8 nitrogen and oxygen atoms in total. The number of furan rings is 1. The van der Waals surface area contributed by atoms with Crippen LogP contribution < -0.4 is 5.32 Å². The number of thioether (sulfide) groups is 1. The Bertz CT molecular complexity index is 1280. The number of hydrogen-bond donors (Lipinski definition) is 1. The van der Waals surface area contributed by atoms with Gasteiger partial charge < -0.3 is 19.0 Å². The first kappa shape index (κ1) is 21.0. The lowest BCUT2D eigenvalue weighted by Crippen LogP contribution is -2.17. The first-order valence-corrected chi connectivity index (χ1v) is 10.5. The van der Waals surface area contributed by atoms with Crippen molar-refractivity contribution >= 4 is 51.9 Å². The standard InChI is InChI=1S/C21H17ClN4O4S/c1-26-19(17-10-12-9-13(22)7-8-16(12)30-17)24-25-21(26)31-11-18(27)23-15-6-4-3-5-14(15)20(28)29-2/h3-10H,11H2,1-2H3,(H,23,27). The van der Waals surface area contributed by atoms with Crippen LogP contribution in [0.15, 0.2) is 58.1 Å². The zero-order valence-corrected chi connectivity index (χ0v) is 18.2. The summed E-state index contributed by atoms with van der Waals surface area (Å²) in [5.41, 5.74) is 1.37. The number of hydrogen-bond acceptors (Lipinski definition) is 7. The lowest BCUT2D eigenvalue weighted by molar-refractivity contribution is -0.113. The molecular formula is C21H17ClN4O4S. The second-order valence-electron chi connectivity index (χ2n) is 6.53. The van der Waals surface area contributed by atoms with Gasteiger partial charge in [-0.25, -0.2) is 4.79 Å². The van der Waals surface area contributed by atoms with E-state index in [4.69, 9.17) is 20.8 Å². The van der Waals surface area contributed by atoms with Crippen LogP contribution in [-0.4, -0.2) is 39.5 Å². The smallest absolute Gasteiger partial charge is 0.339 e. The Hall–Kier alpha value is -3.30. The van der Waals surface area contributed by atoms with Gasteiger partial charge in [0.05, 0.1) is 24.1 Å². The van der Waals surface area contributed by atoms with Gasteiger partial charge in [-0.2, -0.15) is 0 Å². The van der Waals surface area contributed by atoms with Gasteiger partial charge in [-0.3, -0.25) is 4.79 Å².